The zero-order valence-corrected chi connectivity index (χ0v) is 8.00. The van der Waals surface area contributed by atoms with Gasteiger partial charge in [-0.1, -0.05) is 19.2 Å². The van der Waals surface area contributed by atoms with Gasteiger partial charge in [-0.25, -0.2) is 0 Å². The molecule has 10 heavy (non-hydrogen) atoms. The number of hydrogen-bond donors (Lipinski definition) is 0. The average Bonchev–Trinajstić information content (AvgIpc) is 2.33. The Morgan fingerprint density at radius 2 is 2.20 bits per heavy atom. The molecule has 1 aliphatic rings. The standard InChI is InChI=1S/C8H14OSi/c1-9-7-5-4-6-8(7)10(2)3/h4-5,10H,6H2,1-3H3. The Kier molecular flexibility index (Phi) is 2.32. The van der Waals surface area contributed by atoms with Crippen LogP contribution in [0, 0.1) is 0 Å². The highest BCUT2D eigenvalue weighted by Gasteiger charge is 2.12. The minimum atomic E-state index is -0.606. The molecule has 0 spiro atoms. The summed E-state index contributed by atoms with van der Waals surface area (Å²) in [5, 5.41) is 1.56. The van der Waals surface area contributed by atoms with Crippen molar-refractivity contribution in [1.29, 1.82) is 0 Å². The molecule has 0 N–H and O–H groups in total. The zero-order valence-electron chi connectivity index (χ0n) is 6.85. The first kappa shape index (κ1) is 7.60. The van der Waals surface area contributed by atoms with E-state index in [1.54, 1.807) is 12.3 Å². The first-order valence-electron chi connectivity index (χ1n) is 3.69. The maximum absolute atomic E-state index is 5.21. The van der Waals surface area contributed by atoms with E-state index in [4.69, 9.17) is 4.74 Å². The molecule has 2 heteroatoms. The Balaban J connectivity index is 2.75. The quantitative estimate of drug-likeness (QED) is 0.552. The normalized spacial score (nSPS) is 17.2. The number of methoxy groups -OCH3 is 1. The molecule has 0 amide bonds. The lowest BCUT2D eigenvalue weighted by atomic mass is 10.5. The Morgan fingerprint density at radius 3 is 2.60 bits per heavy atom. The summed E-state index contributed by atoms with van der Waals surface area (Å²) in [6.07, 6.45) is 5.40. The molecule has 0 aromatic rings. The van der Waals surface area contributed by atoms with Crippen molar-refractivity contribution in [3.05, 3.63) is 23.1 Å². The van der Waals surface area contributed by atoms with Gasteiger partial charge in [-0.15, -0.1) is 0 Å². The Labute approximate surface area is 64.0 Å². The molecule has 0 saturated carbocycles. The molecule has 0 heterocycles. The van der Waals surface area contributed by atoms with Gasteiger partial charge < -0.3 is 4.74 Å². The molecule has 56 valence electrons. The zero-order chi connectivity index (χ0) is 7.56. The molecule has 1 aliphatic carbocycles. The molecular formula is C8H14OSi. The molecule has 0 bridgehead atoms. The lowest BCUT2D eigenvalue weighted by molar-refractivity contribution is 0.306. The summed E-state index contributed by atoms with van der Waals surface area (Å²) in [6.45, 7) is 4.67. The fraction of sp³-hybridized carbons (Fsp3) is 0.500. The summed E-state index contributed by atoms with van der Waals surface area (Å²) in [6, 6.07) is 0. The maximum atomic E-state index is 5.21. The molecule has 0 aromatic carbocycles. The van der Waals surface area contributed by atoms with Crippen molar-refractivity contribution >= 4 is 8.80 Å². The van der Waals surface area contributed by atoms with Crippen molar-refractivity contribution in [3.8, 4) is 0 Å². The van der Waals surface area contributed by atoms with Crippen molar-refractivity contribution in [2.45, 2.75) is 19.5 Å². The van der Waals surface area contributed by atoms with E-state index in [1.165, 1.54) is 0 Å². The number of rotatable bonds is 2. The third-order valence-electron chi connectivity index (χ3n) is 1.84. The first-order valence-corrected chi connectivity index (χ1v) is 6.58. The summed E-state index contributed by atoms with van der Waals surface area (Å²) in [5.74, 6) is 1.13. The van der Waals surface area contributed by atoms with Crippen molar-refractivity contribution in [2.24, 2.45) is 0 Å². The van der Waals surface area contributed by atoms with Gasteiger partial charge in [0.1, 0.15) is 5.76 Å². The van der Waals surface area contributed by atoms with Gasteiger partial charge in [0.2, 0.25) is 0 Å². The van der Waals surface area contributed by atoms with Gasteiger partial charge in [0, 0.05) is 0 Å². The van der Waals surface area contributed by atoms with Crippen LogP contribution in [-0.2, 0) is 4.74 Å². The van der Waals surface area contributed by atoms with Crippen LogP contribution in [0.3, 0.4) is 0 Å². The summed E-state index contributed by atoms with van der Waals surface area (Å²) in [4.78, 5) is 0. The predicted molar refractivity (Wildman–Crippen MR) is 46.7 cm³/mol. The van der Waals surface area contributed by atoms with Crippen LogP contribution in [-0.4, -0.2) is 15.9 Å². The number of hydrogen-bond acceptors (Lipinski definition) is 1. The molecule has 0 radical (unpaired) electrons. The molecule has 0 saturated heterocycles. The van der Waals surface area contributed by atoms with Crippen molar-refractivity contribution in [1.82, 2.24) is 0 Å². The van der Waals surface area contributed by atoms with Gasteiger partial charge in [0.15, 0.2) is 0 Å². The van der Waals surface area contributed by atoms with Crippen LogP contribution in [0.2, 0.25) is 13.1 Å². The lowest BCUT2D eigenvalue weighted by Crippen LogP contribution is -2.06. The minimum Gasteiger partial charge on any atom is -0.497 e. The van der Waals surface area contributed by atoms with Crippen molar-refractivity contribution < 1.29 is 4.74 Å². The Bertz CT molecular complexity index is 180. The van der Waals surface area contributed by atoms with Crippen LogP contribution >= 0.6 is 0 Å². The fourth-order valence-corrected chi connectivity index (χ4v) is 2.61. The van der Waals surface area contributed by atoms with E-state index < -0.39 is 8.80 Å². The lowest BCUT2D eigenvalue weighted by Gasteiger charge is -2.07. The average molecular weight is 154 g/mol. The highest BCUT2D eigenvalue weighted by molar-refractivity contribution is 6.64. The summed E-state index contributed by atoms with van der Waals surface area (Å²) in [7, 11) is 1.15. The summed E-state index contributed by atoms with van der Waals surface area (Å²) in [5.41, 5.74) is 0. The highest BCUT2D eigenvalue weighted by Crippen LogP contribution is 2.21. The van der Waals surface area contributed by atoms with Gasteiger partial charge in [-0.3, -0.25) is 0 Å². The van der Waals surface area contributed by atoms with Gasteiger partial charge in [-0.2, -0.15) is 0 Å². The van der Waals surface area contributed by atoms with E-state index in [9.17, 15) is 0 Å². The van der Waals surface area contributed by atoms with E-state index in [0.717, 1.165) is 12.2 Å². The smallest absolute Gasteiger partial charge is 0.113 e. The highest BCUT2D eigenvalue weighted by atomic mass is 28.3. The molecular weight excluding hydrogens is 140 g/mol. The van der Waals surface area contributed by atoms with Gasteiger partial charge in [-0.05, 0) is 17.7 Å². The van der Waals surface area contributed by atoms with Gasteiger partial charge in [0.25, 0.3) is 0 Å². The number of ether oxygens (including phenoxy) is 1. The second-order valence-corrected chi connectivity index (χ2v) is 5.86. The third kappa shape index (κ3) is 1.32. The van der Waals surface area contributed by atoms with Crippen LogP contribution in [0.1, 0.15) is 6.42 Å². The summed E-state index contributed by atoms with van der Waals surface area (Å²) < 4.78 is 5.21. The first-order chi connectivity index (χ1) is 4.75. The van der Waals surface area contributed by atoms with E-state index in [-0.39, 0.29) is 0 Å². The van der Waals surface area contributed by atoms with Crippen LogP contribution in [0.15, 0.2) is 23.1 Å². The van der Waals surface area contributed by atoms with E-state index in [2.05, 4.69) is 25.2 Å². The van der Waals surface area contributed by atoms with Crippen LogP contribution in [0.5, 0.6) is 0 Å². The van der Waals surface area contributed by atoms with Gasteiger partial charge >= 0.3 is 0 Å². The summed E-state index contributed by atoms with van der Waals surface area (Å²) >= 11 is 0. The number of allylic oxidation sites excluding steroid dienone is 3. The van der Waals surface area contributed by atoms with Crippen molar-refractivity contribution in [2.75, 3.05) is 7.11 Å². The molecule has 0 aliphatic heterocycles. The van der Waals surface area contributed by atoms with Crippen molar-refractivity contribution in [3.63, 3.8) is 0 Å². The van der Waals surface area contributed by atoms with Crippen LogP contribution in [0.4, 0.5) is 0 Å². The topological polar surface area (TPSA) is 9.23 Å². The molecule has 0 unspecified atom stereocenters. The van der Waals surface area contributed by atoms with E-state index >= 15 is 0 Å². The Hall–Kier alpha value is -0.503. The molecule has 0 atom stereocenters. The Morgan fingerprint density at radius 1 is 1.50 bits per heavy atom. The second-order valence-electron chi connectivity index (χ2n) is 2.85. The monoisotopic (exact) mass is 154 g/mol. The van der Waals surface area contributed by atoms with E-state index in [0.29, 0.717) is 0 Å². The predicted octanol–water partition coefficient (Wildman–Crippen LogP) is 1.87. The molecule has 1 nitrogen and oxygen atoms in total. The SMILES string of the molecule is COC1=C([SiH](C)C)CC=C1. The second kappa shape index (κ2) is 3.06. The third-order valence-corrected chi connectivity index (χ3v) is 3.75. The molecule has 1 rings (SSSR count). The van der Waals surface area contributed by atoms with Crippen LogP contribution < -0.4 is 0 Å². The fourth-order valence-electron chi connectivity index (χ4n) is 1.22. The largest absolute Gasteiger partial charge is 0.497 e. The van der Waals surface area contributed by atoms with Crippen LogP contribution in [0.25, 0.3) is 0 Å². The van der Waals surface area contributed by atoms with E-state index in [1.807, 2.05) is 0 Å². The van der Waals surface area contributed by atoms with Gasteiger partial charge in [0.05, 0.1) is 15.9 Å². The molecule has 0 fully saturated rings. The minimum absolute atomic E-state index is 0.606. The molecule has 0 aromatic heterocycles. The maximum Gasteiger partial charge on any atom is 0.113 e.